The Morgan fingerprint density at radius 1 is 0.655 bits per heavy atom. The minimum absolute atomic E-state index is 0.101. The number of hydrogen-bond donors (Lipinski definition) is 0. The summed E-state index contributed by atoms with van der Waals surface area (Å²) in [5.41, 5.74) is 8.02. The summed E-state index contributed by atoms with van der Waals surface area (Å²) in [4.78, 5) is 0. The average molecular weight is 395 g/mol. The lowest BCUT2D eigenvalue weighted by atomic mass is 9.75. The lowest BCUT2D eigenvalue weighted by Crippen LogP contribution is -2.37. The van der Waals surface area contributed by atoms with Crippen molar-refractivity contribution in [1.82, 2.24) is 0 Å². The van der Waals surface area contributed by atoms with Crippen LogP contribution in [0, 0.1) is 0 Å². The molecule has 0 fully saturated rings. The highest BCUT2D eigenvalue weighted by atomic mass is 16.5. The van der Waals surface area contributed by atoms with Gasteiger partial charge in [-0.3, -0.25) is 0 Å². The van der Waals surface area contributed by atoms with E-state index in [0.29, 0.717) is 26.4 Å². The van der Waals surface area contributed by atoms with Crippen molar-refractivity contribution in [2.24, 2.45) is 0 Å². The Morgan fingerprint density at radius 3 is 1.34 bits per heavy atom. The smallest absolute Gasteiger partial charge is 0.0681 e. The van der Waals surface area contributed by atoms with Crippen LogP contribution in [0.15, 0.2) is 36.4 Å². The summed E-state index contributed by atoms with van der Waals surface area (Å²) in [6, 6.07) is 14.0. The predicted octanol–water partition coefficient (Wildman–Crippen LogP) is 6.62. The number of benzene rings is 2. The molecular weight excluding hydrogens is 356 g/mol. The molecule has 0 saturated heterocycles. The Morgan fingerprint density at radius 2 is 1.03 bits per heavy atom. The maximum absolute atomic E-state index is 6.10. The van der Waals surface area contributed by atoms with E-state index in [1.807, 2.05) is 0 Å². The molecule has 158 valence electrons. The zero-order valence-electron chi connectivity index (χ0n) is 19.6. The van der Waals surface area contributed by atoms with Crippen LogP contribution in [0.4, 0.5) is 0 Å². The van der Waals surface area contributed by atoms with Crippen LogP contribution in [0.5, 0.6) is 0 Å². The Balaban J connectivity index is 2.29. The molecule has 0 saturated carbocycles. The monoisotopic (exact) mass is 394 g/mol. The van der Waals surface area contributed by atoms with Crippen molar-refractivity contribution >= 4 is 0 Å². The third-order valence-corrected chi connectivity index (χ3v) is 6.20. The Hall–Kier alpha value is -1.64. The standard InChI is InChI=1S/C27H38O2/c1-9-28-17-27(18-29-10-2)23-15-19(25(3,4)5)11-13-21(23)22-14-12-20(16-24(22)27)26(6,7)8/h11-16H,9-10,17-18H2,1-8H3. The molecule has 3 rings (SSSR count). The van der Waals surface area contributed by atoms with E-state index in [1.54, 1.807) is 0 Å². The molecule has 2 aromatic rings. The van der Waals surface area contributed by atoms with E-state index in [9.17, 15) is 0 Å². The van der Waals surface area contributed by atoms with Gasteiger partial charge in [0.2, 0.25) is 0 Å². The van der Waals surface area contributed by atoms with Crippen LogP contribution < -0.4 is 0 Å². The topological polar surface area (TPSA) is 18.5 Å². The minimum Gasteiger partial charge on any atom is -0.380 e. The molecule has 0 amide bonds. The second-order valence-electron chi connectivity index (χ2n) is 10.4. The zero-order chi connectivity index (χ0) is 21.4. The van der Waals surface area contributed by atoms with Gasteiger partial charge in [0.1, 0.15) is 0 Å². The summed E-state index contributed by atoms with van der Waals surface area (Å²) in [6.07, 6.45) is 0. The third-order valence-electron chi connectivity index (χ3n) is 6.20. The van der Waals surface area contributed by atoms with Crippen LogP contribution in [-0.2, 0) is 25.7 Å². The van der Waals surface area contributed by atoms with Gasteiger partial charge in [-0.1, -0.05) is 77.9 Å². The van der Waals surface area contributed by atoms with Crippen LogP contribution in [-0.4, -0.2) is 26.4 Å². The first-order valence-corrected chi connectivity index (χ1v) is 11.0. The van der Waals surface area contributed by atoms with Gasteiger partial charge in [0, 0.05) is 13.2 Å². The summed E-state index contributed by atoms with van der Waals surface area (Å²) < 4.78 is 12.2. The second-order valence-corrected chi connectivity index (χ2v) is 10.4. The zero-order valence-corrected chi connectivity index (χ0v) is 19.6. The summed E-state index contributed by atoms with van der Waals surface area (Å²) in [6.45, 7) is 20.5. The Labute approximate surface area is 177 Å². The molecule has 0 spiro atoms. The molecule has 0 atom stereocenters. The van der Waals surface area contributed by atoms with Gasteiger partial charge in [0.25, 0.3) is 0 Å². The lowest BCUT2D eigenvalue weighted by molar-refractivity contribution is 0.0450. The lowest BCUT2D eigenvalue weighted by Gasteiger charge is -2.33. The van der Waals surface area contributed by atoms with Gasteiger partial charge in [-0.05, 0) is 58.1 Å². The Kier molecular flexibility index (Phi) is 6.00. The molecule has 1 aliphatic carbocycles. The van der Waals surface area contributed by atoms with E-state index in [4.69, 9.17) is 9.47 Å². The van der Waals surface area contributed by atoms with Crippen molar-refractivity contribution in [3.8, 4) is 11.1 Å². The van der Waals surface area contributed by atoms with Crippen LogP contribution in [0.2, 0.25) is 0 Å². The SMILES string of the molecule is CCOCC1(COCC)c2cc(C(C)(C)C)ccc2-c2ccc(C(C)(C)C)cc21. The highest BCUT2D eigenvalue weighted by molar-refractivity contribution is 5.82. The number of ether oxygens (including phenoxy) is 2. The molecule has 29 heavy (non-hydrogen) atoms. The normalized spacial score (nSPS) is 15.3. The van der Waals surface area contributed by atoms with E-state index >= 15 is 0 Å². The number of hydrogen-bond acceptors (Lipinski definition) is 2. The molecular formula is C27H38O2. The average Bonchev–Trinajstić information content (AvgIpc) is 2.92. The molecule has 0 radical (unpaired) electrons. The van der Waals surface area contributed by atoms with Crippen LogP contribution in [0.25, 0.3) is 11.1 Å². The van der Waals surface area contributed by atoms with E-state index in [-0.39, 0.29) is 16.2 Å². The fraction of sp³-hybridized carbons (Fsp3) is 0.556. The predicted molar refractivity (Wildman–Crippen MR) is 123 cm³/mol. The van der Waals surface area contributed by atoms with Crippen molar-refractivity contribution in [3.63, 3.8) is 0 Å². The van der Waals surface area contributed by atoms with Crippen molar-refractivity contribution in [2.75, 3.05) is 26.4 Å². The van der Waals surface area contributed by atoms with E-state index in [0.717, 1.165) is 0 Å². The first-order chi connectivity index (χ1) is 13.5. The van der Waals surface area contributed by atoms with Crippen molar-refractivity contribution in [1.29, 1.82) is 0 Å². The molecule has 0 aromatic heterocycles. The van der Waals surface area contributed by atoms with Gasteiger partial charge in [-0.15, -0.1) is 0 Å². The third kappa shape index (κ3) is 4.02. The summed E-state index contributed by atoms with van der Waals surface area (Å²) >= 11 is 0. The van der Waals surface area contributed by atoms with Crippen LogP contribution in [0.3, 0.4) is 0 Å². The maximum atomic E-state index is 6.10. The van der Waals surface area contributed by atoms with Gasteiger partial charge < -0.3 is 9.47 Å². The maximum Gasteiger partial charge on any atom is 0.0681 e. The highest BCUT2D eigenvalue weighted by Gasteiger charge is 2.45. The van der Waals surface area contributed by atoms with Crippen LogP contribution >= 0.6 is 0 Å². The first kappa shape index (κ1) is 22.1. The highest BCUT2D eigenvalue weighted by Crippen LogP contribution is 2.51. The van der Waals surface area contributed by atoms with Crippen molar-refractivity contribution in [3.05, 3.63) is 58.7 Å². The van der Waals surface area contributed by atoms with E-state index in [1.165, 1.54) is 33.4 Å². The van der Waals surface area contributed by atoms with Crippen molar-refractivity contribution in [2.45, 2.75) is 71.6 Å². The molecule has 0 unspecified atom stereocenters. The van der Waals surface area contributed by atoms with Gasteiger partial charge in [0.15, 0.2) is 0 Å². The summed E-state index contributed by atoms with van der Waals surface area (Å²) in [5, 5.41) is 0. The molecule has 0 N–H and O–H groups in total. The largest absolute Gasteiger partial charge is 0.380 e. The first-order valence-electron chi connectivity index (χ1n) is 11.0. The van der Waals surface area contributed by atoms with Gasteiger partial charge in [0.05, 0.1) is 18.6 Å². The fourth-order valence-corrected chi connectivity index (χ4v) is 4.33. The molecule has 0 aliphatic heterocycles. The summed E-state index contributed by atoms with van der Waals surface area (Å²) in [7, 11) is 0. The molecule has 2 heteroatoms. The number of rotatable bonds is 6. The van der Waals surface area contributed by atoms with E-state index in [2.05, 4.69) is 91.8 Å². The fourth-order valence-electron chi connectivity index (χ4n) is 4.33. The molecule has 2 aromatic carbocycles. The van der Waals surface area contributed by atoms with E-state index < -0.39 is 0 Å². The van der Waals surface area contributed by atoms with Crippen molar-refractivity contribution < 1.29 is 9.47 Å². The minimum atomic E-state index is -0.265. The second kappa shape index (κ2) is 7.89. The number of fused-ring (bicyclic) bond motifs is 3. The molecule has 0 bridgehead atoms. The van der Waals surface area contributed by atoms with Gasteiger partial charge >= 0.3 is 0 Å². The molecule has 1 aliphatic rings. The molecule has 0 heterocycles. The molecule has 2 nitrogen and oxygen atoms in total. The van der Waals surface area contributed by atoms with Crippen LogP contribution in [0.1, 0.15) is 77.6 Å². The summed E-state index contributed by atoms with van der Waals surface area (Å²) in [5.74, 6) is 0. The quantitative estimate of drug-likeness (QED) is 0.548. The Bertz CT molecular complexity index is 792. The van der Waals surface area contributed by atoms with Gasteiger partial charge in [-0.2, -0.15) is 0 Å². The van der Waals surface area contributed by atoms with Gasteiger partial charge in [-0.25, -0.2) is 0 Å².